The maximum Gasteiger partial charge on any atom is 0.260 e. The summed E-state index contributed by atoms with van der Waals surface area (Å²) in [7, 11) is -1.43. The predicted octanol–water partition coefficient (Wildman–Crippen LogP) is 0.871. The molecule has 1 N–H and O–H groups in total. The summed E-state index contributed by atoms with van der Waals surface area (Å²) in [5, 5.41) is 3.56. The first-order chi connectivity index (χ1) is 9.63. The van der Waals surface area contributed by atoms with E-state index in [0.717, 1.165) is 44.6 Å². The van der Waals surface area contributed by atoms with Gasteiger partial charge in [-0.25, -0.2) is 13.4 Å². The normalized spacial score (nSPS) is 20.2. The second-order valence-corrected chi connectivity index (χ2v) is 7.56. The molecule has 0 saturated carbocycles. The molecule has 1 fully saturated rings. The first kappa shape index (κ1) is 16.7. The highest BCUT2D eigenvalue weighted by molar-refractivity contribution is 7.89. The van der Waals surface area contributed by atoms with Gasteiger partial charge in [-0.3, -0.25) is 0 Å². The zero-order valence-electron chi connectivity index (χ0n) is 12.3. The molecule has 0 aromatic carbocycles. The SMILES string of the molecule is CNCC1CCN(S(=O)(=O)c2cnc3n2CCC3)CC1.Cl. The Morgan fingerprint density at radius 1 is 1.33 bits per heavy atom. The van der Waals surface area contributed by atoms with Crippen molar-refractivity contribution in [3.8, 4) is 0 Å². The number of nitrogens with one attached hydrogen (secondary N) is 1. The van der Waals surface area contributed by atoms with E-state index in [1.54, 1.807) is 4.31 Å². The molecular weight excluding hydrogens is 312 g/mol. The number of hydrogen-bond donors (Lipinski definition) is 1. The summed E-state index contributed by atoms with van der Waals surface area (Å²) in [6.07, 6.45) is 5.28. The number of hydrogen-bond acceptors (Lipinski definition) is 4. The van der Waals surface area contributed by atoms with Gasteiger partial charge >= 0.3 is 0 Å². The zero-order chi connectivity index (χ0) is 14.2. The van der Waals surface area contributed by atoms with Gasteiger partial charge in [0.25, 0.3) is 10.0 Å². The number of rotatable bonds is 4. The first-order valence-electron chi connectivity index (χ1n) is 7.32. The van der Waals surface area contributed by atoms with Crippen molar-refractivity contribution in [2.24, 2.45) is 5.92 Å². The zero-order valence-corrected chi connectivity index (χ0v) is 13.9. The Morgan fingerprint density at radius 3 is 2.71 bits per heavy atom. The van der Waals surface area contributed by atoms with E-state index >= 15 is 0 Å². The molecule has 3 rings (SSSR count). The van der Waals surface area contributed by atoms with Gasteiger partial charge in [0.05, 0.1) is 6.20 Å². The maximum atomic E-state index is 12.7. The van der Waals surface area contributed by atoms with Crippen LogP contribution in [0.4, 0.5) is 0 Å². The van der Waals surface area contributed by atoms with E-state index in [-0.39, 0.29) is 12.4 Å². The summed E-state index contributed by atoms with van der Waals surface area (Å²) >= 11 is 0. The van der Waals surface area contributed by atoms with Gasteiger partial charge < -0.3 is 9.88 Å². The van der Waals surface area contributed by atoms with E-state index in [0.29, 0.717) is 24.0 Å². The Labute approximate surface area is 132 Å². The van der Waals surface area contributed by atoms with Gasteiger partial charge in [0, 0.05) is 26.1 Å². The molecule has 21 heavy (non-hydrogen) atoms. The fourth-order valence-corrected chi connectivity index (χ4v) is 4.83. The van der Waals surface area contributed by atoms with Gasteiger partial charge in [0.2, 0.25) is 0 Å². The number of aryl methyl sites for hydroxylation is 1. The summed E-state index contributed by atoms with van der Waals surface area (Å²) in [4.78, 5) is 4.25. The molecule has 1 aromatic rings. The summed E-state index contributed by atoms with van der Waals surface area (Å²) in [6.45, 7) is 2.99. The summed E-state index contributed by atoms with van der Waals surface area (Å²) in [5.74, 6) is 1.50. The van der Waals surface area contributed by atoms with Crippen LogP contribution in [0.25, 0.3) is 0 Å². The quantitative estimate of drug-likeness (QED) is 0.887. The number of aromatic nitrogens is 2. The van der Waals surface area contributed by atoms with Crippen molar-refractivity contribution in [3.05, 3.63) is 12.0 Å². The molecule has 120 valence electrons. The van der Waals surface area contributed by atoms with Crippen molar-refractivity contribution < 1.29 is 8.42 Å². The van der Waals surface area contributed by atoms with Crippen LogP contribution in [0, 0.1) is 5.92 Å². The monoisotopic (exact) mass is 334 g/mol. The van der Waals surface area contributed by atoms with Crippen LogP contribution in [-0.2, 0) is 23.0 Å². The summed E-state index contributed by atoms with van der Waals surface area (Å²) in [5.41, 5.74) is 0. The smallest absolute Gasteiger partial charge is 0.260 e. The average molecular weight is 335 g/mol. The molecule has 8 heteroatoms. The Morgan fingerprint density at radius 2 is 2.05 bits per heavy atom. The van der Waals surface area contributed by atoms with Crippen molar-refractivity contribution in [2.45, 2.75) is 37.3 Å². The lowest BCUT2D eigenvalue weighted by Crippen LogP contribution is -2.41. The molecule has 0 bridgehead atoms. The van der Waals surface area contributed by atoms with Gasteiger partial charge in [-0.1, -0.05) is 0 Å². The van der Waals surface area contributed by atoms with E-state index < -0.39 is 10.0 Å². The third-order valence-corrected chi connectivity index (χ3v) is 6.25. The van der Waals surface area contributed by atoms with Crippen LogP contribution in [0.5, 0.6) is 0 Å². The van der Waals surface area contributed by atoms with Gasteiger partial charge in [-0.2, -0.15) is 4.31 Å². The molecule has 2 aliphatic heterocycles. The summed E-state index contributed by atoms with van der Waals surface area (Å²) < 4.78 is 28.9. The molecule has 0 aliphatic carbocycles. The molecule has 1 saturated heterocycles. The standard InChI is InChI=1S/C13H22N4O2S.ClH/c1-14-9-11-4-7-16(8-5-11)20(18,19)13-10-15-12-3-2-6-17(12)13;/h10-11,14H,2-9H2,1H3;1H. The van der Waals surface area contributed by atoms with Gasteiger partial charge in [-0.15, -0.1) is 12.4 Å². The third-order valence-electron chi connectivity index (χ3n) is 4.35. The molecule has 0 atom stereocenters. The largest absolute Gasteiger partial charge is 0.319 e. The molecular formula is C13H23ClN4O2S. The lowest BCUT2D eigenvalue weighted by Gasteiger charge is -2.31. The second-order valence-electron chi connectivity index (χ2n) is 5.67. The number of nitrogens with zero attached hydrogens (tertiary/aromatic N) is 3. The topological polar surface area (TPSA) is 67.2 Å². The Kier molecular flexibility index (Phi) is 5.29. The van der Waals surface area contributed by atoms with Crippen molar-refractivity contribution in [3.63, 3.8) is 0 Å². The number of sulfonamides is 1. The Hall–Kier alpha value is -0.630. The fourth-order valence-electron chi connectivity index (χ4n) is 3.21. The van der Waals surface area contributed by atoms with Crippen LogP contribution in [-0.4, -0.2) is 49.0 Å². The van der Waals surface area contributed by atoms with Crippen LogP contribution >= 0.6 is 12.4 Å². The van der Waals surface area contributed by atoms with Gasteiger partial charge in [0.1, 0.15) is 5.82 Å². The summed E-state index contributed by atoms with van der Waals surface area (Å²) in [6, 6.07) is 0. The third kappa shape index (κ3) is 3.11. The number of piperidine rings is 1. The Balaban J connectivity index is 0.00000161. The van der Waals surface area contributed by atoms with Gasteiger partial charge in [-0.05, 0) is 38.8 Å². The minimum atomic E-state index is -3.37. The van der Waals surface area contributed by atoms with E-state index in [1.165, 1.54) is 6.20 Å². The molecule has 0 amide bonds. The lowest BCUT2D eigenvalue weighted by molar-refractivity contribution is 0.269. The highest BCUT2D eigenvalue weighted by Crippen LogP contribution is 2.26. The molecule has 0 radical (unpaired) electrons. The highest BCUT2D eigenvalue weighted by atomic mass is 35.5. The predicted molar refractivity (Wildman–Crippen MR) is 83.2 cm³/mol. The van der Waals surface area contributed by atoms with Crippen LogP contribution in [0.1, 0.15) is 25.1 Å². The van der Waals surface area contributed by atoms with Crippen molar-refractivity contribution >= 4 is 22.4 Å². The van der Waals surface area contributed by atoms with Crippen LogP contribution in [0.2, 0.25) is 0 Å². The second kappa shape index (κ2) is 6.64. The maximum absolute atomic E-state index is 12.7. The number of imidazole rings is 1. The van der Waals surface area contributed by atoms with E-state index in [4.69, 9.17) is 0 Å². The van der Waals surface area contributed by atoms with Crippen molar-refractivity contribution in [1.82, 2.24) is 19.2 Å². The molecule has 2 aliphatic rings. The first-order valence-corrected chi connectivity index (χ1v) is 8.76. The fraction of sp³-hybridized carbons (Fsp3) is 0.769. The molecule has 1 aromatic heterocycles. The van der Waals surface area contributed by atoms with Crippen LogP contribution in [0.15, 0.2) is 11.2 Å². The average Bonchev–Trinajstić information content (AvgIpc) is 3.01. The van der Waals surface area contributed by atoms with Crippen molar-refractivity contribution in [1.29, 1.82) is 0 Å². The molecule has 6 nitrogen and oxygen atoms in total. The molecule has 3 heterocycles. The highest BCUT2D eigenvalue weighted by Gasteiger charge is 2.33. The van der Waals surface area contributed by atoms with Crippen LogP contribution in [0.3, 0.4) is 0 Å². The van der Waals surface area contributed by atoms with E-state index in [9.17, 15) is 8.42 Å². The van der Waals surface area contributed by atoms with Crippen LogP contribution < -0.4 is 5.32 Å². The Bertz CT molecular complexity index is 579. The number of halogens is 1. The lowest BCUT2D eigenvalue weighted by atomic mass is 9.98. The molecule has 0 unspecified atom stereocenters. The van der Waals surface area contributed by atoms with E-state index in [1.807, 2.05) is 11.6 Å². The van der Waals surface area contributed by atoms with Crippen molar-refractivity contribution in [2.75, 3.05) is 26.7 Å². The van der Waals surface area contributed by atoms with Gasteiger partial charge in [0.15, 0.2) is 5.03 Å². The minimum Gasteiger partial charge on any atom is -0.319 e. The van der Waals surface area contributed by atoms with E-state index in [2.05, 4.69) is 10.3 Å². The molecule has 0 spiro atoms. The minimum absolute atomic E-state index is 0. The number of fused-ring (bicyclic) bond motifs is 1.